The van der Waals surface area contributed by atoms with Gasteiger partial charge in [-0.2, -0.15) is 0 Å². The van der Waals surface area contributed by atoms with Crippen LogP contribution in [0.2, 0.25) is 0 Å². The van der Waals surface area contributed by atoms with Crippen LogP contribution in [0.3, 0.4) is 0 Å². The molecule has 3 saturated heterocycles. The first-order chi connectivity index (χ1) is 19.7. The first-order valence-electron chi connectivity index (χ1n) is 13.9. The number of piperidine rings is 1. The lowest BCUT2D eigenvalue weighted by atomic mass is 10.0. The second kappa shape index (κ2) is 10.4. The van der Waals surface area contributed by atoms with Crippen LogP contribution in [0.4, 0.5) is 17.1 Å². The van der Waals surface area contributed by atoms with Gasteiger partial charge in [0.25, 0.3) is 0 Å². The van der Waals surface area contributed by atoms with Gasteiger partial charge in [-0.3, -0.25) is 0 Å². The van der Waals surface area contributed by atoms with Crippen molar-refractivity contribution in [3.05, 3.63) is 78.4 Å². The van der Waals surface area contributed by atoms with Gasteiger partial charge in [0, 0.05) is 69.2 Å². The van der Waals surface area contributed by atoms with Crippen LogP contribution in [-0.2, 0) is 9.47 Å². The van der Waals surface area contributed by atoms with E-state index in [0.29, 0.717) is 29.8 Å². The molecule has 10 nitrogen and oxygen atoms in total. The number of fused-ring (bicyclic) bond motifs is 1. The summed E-state index contributed by atoms with van der Waals surface area (Å²) in [7, 11) is 0. The zero-order valence-corrected chi connectivity index (χ0v) is 22.3. The summed E-state index contributed by atoms with van der Waals surface area (Å²) in [5.41, 5.74) is 5.38. The van der Waals surface area contributed by atoms with Gasteiger partial charge in [-0.1, -0.05) is 17.0 Å². The van der Waals surface area contributed by atoms with Gasteiger partial charge in [-0.15, -0.1) is 5.10 Å². The Kier molecular flexibility index (Phi) is 6.49. The number of carbonyl (C=O) groups is 1. The molecule has 0 atom stereocenters. The Morgan fingerprint density at radius 3 is 1.82 bits per heavy atom. The fourth-order valence-electron chi connectivity index (χ4n) is 5.84. The van der Waals surface area contributed by atoms with E-state index in [2.05, 4.69) is 49.3 Å². The van der Waals surface area contributed by atoms with Gasteiger partial charge in [0.15, 0.2) is 5.79 Å². The number of hydrogen-bond acceptors (Lipinski definition) is 9. The molecule has 0 N–H and O–H groups in total. The van der Waals surface area contributed by atoms with Crippen molar-refractivity contribution in [2.24, 2.45) is 0 Å². The maximum absolute atomic E-state index is 12.7. The van der Waals surface area contributed by atoms with Crippen LogP contribution in [-0.4, -0.2) is 79.4 Å². The molecule has 4 heterocycles. The summed E-state index contributed by atoms with van der Waals surface area (Å²) < 4.78 is 11.7. The van der Waals surface area contributed by atoms with Crippen molar-refractivity contribution < 1.29 is 19.1 Å². The normalized spacial score (nSPS) is 18.9. The Morgan fingerprint density at radius 2 is 1.23 bits per heavy atom. The monoisotopic (exact) mass is 540 g/mol. The Morgan fingerprint density at radius 1 is 0.700 bits per heavy atom. The number of rotatable bonds is 5. The van der Waals surface area contributed by atoms with Crippen LogP contribution in [0.5, 0.6) is 0 Å². The fourth-order valence-corrected chi connectivity index (χ4v) is 5.84. The van der Waals surface area contributed by atoms with Crippen molar-refractivity contribution in [2.45, 2.75) is 18.6 Å². The molecule has 7 rings (SSSR count). The highest BCUT2D eigenvalue weighted by atomic mass is 16.7. The van der Waals surface area contributed by atoms with Gasteiger partial charge in [-0.25, -0.2) is 4.79 Å². The highest BCUT2D eigenvalue weighted by Crippen LogP contribution is 2.34. The summed E-state index contributed by atoms with van der Waals surface area (Å²) in [4.78, 5) is 26.5. The van der Waals surface area contributed by atoms with Crippen LogP contribution < -0.4 is 19.5 Å². The zero-order valence-electron chi connectivity index (χ0n) is 22.3. The van der Waals surface area contributed by atoms with E-state index in [9.17, 15) is 4.79 Å². The Balaban J connectivity index is 0.922. The number of anilines is 3. The van der Waals surface area contributed by atoms with Crippen molar-refractivity contribution in [1.29, 1.82) is 0 Å². The van der Waals surface area contributed by atoms with Gasteiger partial charge >= 0.3 is 5.97 Å². The van der Waals surface area contributed by atoms with E-state index in [1.165, 1.54) is 16.2 Å². The van der Waals surface area contributed by atoms with E-state index in [4.69, 9.17) is 14.3 Å². The third-order valence-electron chi connectivity index (χ3n) is 8.16. The van der Waals surface area contributed by atoms with Crippen LogP contribution in [0.25, 0.3) is 11.0 Å². The SMILES string of the molecule is O=C(On1nnc2ccccc21)c1ccc(N2CCN(c3ccc(N4CCC5(CC4)OCCO5)cc3)CC2)cc1. The first-order valence-corrected chi connectivity index (χ1v) is 13.9. The number of hydrogen-bond donors (Lipinski definition) is 0. The molecule has 3 fully saturated rings. The number of carbonyl (C=O) groups excluding carboxylic acids is 1. The largest absolute Gasteiger partial charge is 0.371 e. The van der Waals surface area contributed by atoms with Gasteiger partial charge < -0.3 is 29.0 Å². The van der Waals surface area contributed by atoms with Crippen molar-refractivity contribution in [2.75, 3.05) is 67.2 Å². The van der Waals surface area contributed by atoms with E-state index in [-0.39, 0.29) is 5.79 Å². The number of piperazine rings is 1. The molecule has 0 saturated carbocycles. The average Bonchev–Trinajstić information content (AvgIpc) is 3.65. The summed E-state index contributed by atoms with van der Waals surface area (Å²) >= 11 is 0. The molecular weight excluding hydrogens is 508 g/mol. The van der Waals surface area contributed by atoms with E-state index in [1.807, 2.05) is 36.4 Å². The lowest BCUT2D eigenvalue weighted by Crippen LogP contribution is -2.46. The first kappa shape index (κ1) is 24.9. The van der Waals surface area contributed by atoms with Crippen molar-refractivity contribution in [3.63, 3.8) is 0 Å². The molecule has 0 radical (unpaired) electrons. The smallest absolute Gasteiger partial charge is 0.365 e. The Bertz CT molecular complexity index is 1460. The standard InChI is InChI=1S/C30H32N6O4/c37-29(40-36-28-4-2-1-3-27(28)31-32-36)23-5-7-24(8-6-23)34-17-19-35(20-18-34)26-11-9-25(10-12-26)33-15-13-30(14-16-33)38-21-22-39-30/h1-12H,13-22H2. The molecule has 4 aromatic rings. The molecule has 1 spiro atoms. The van der Waals surface area contributed by atoms with E-state index < -0.39 is 5.97 Å². The molecule has 3 aliphatic rings. The molecule has 0 aliphatic carbocycles. The number of benzene rings is 3. The summed E-state index contributed by atoms with van der Waals surface area (Å²) in [6, 6.07) is 23.8. The minimum atomic E-state index is -0.472. The maximum atomic E-state index is 12.7. The number of ether oxygens (including phenoxy) is 2. The molecule has 1 aromatic heterocycles. The number of nitrogens with zero attached hydrogens (tertiary/aromatic N) is 6. The predicted molar refractivity (Wildman–Crippen MR) is 152 cm³/mol. The minimum Gasteiger partial charge on any atom is -0.371 e. The van der Waals surface area contributed by atoms with Crippen molar-refractivity contribution >= 4 is 34.1 Å². The summed E-state index contributed by atoms with van der Waals surface area (Å²) in [5.74, 6) is -0.813. The molecule has 3 aromatic carbocycles. The molecule has 3 aliphatic heterocycles. The fraction of sp³-hybridized carbons (Fsp3) is 0.367. The second-order valence-electron chi connectivity index (χ2n) is 10.5. The van der Waals surface area contributed by atoms with Crippen molar-refractivity contribution in [1.82, 2.24) is 15.2 Å². The van der Waals surface area contributed by atoms with Gasteiger partial charge in [0.2, 0.25) is 0 Å². The molecule has 0 bridgehead atoms. The Labute approximate surface area is 232 Å². The number of aromatic nitrogens is 3. The molecule has 40 heavy (non-hydrogen) atoms. The molecular formula is C30H32N6O4. The summed E-state index contributed by atoms with van der Waals surface area (Å²) in [6.45, 7) is 7.01. The van der Waals surface area contributed by atoms with Gasteiger partial charge in [-0.05, 0) is 65.9 Å². The van der Waals surface area contributed by atoms with E-state index >= 15 is 0 Å². The van der Waals surface area contributed by atoms with Crippen LogP contribution in [0.1, 0.15) is 23.2 Å². The third-order valence-corrected chi connectivity index (χ3v) is 8.16. The quantitative estimate of drug-likeness (QED) is 0.354. The summed E-state index contributed by atoms with van der Waals surface area (Å²) in [6.07, 6.45) is 1.83. The lowest BCUT2D eigenvalue weighted by Gasteiger charge is -2.39. The molecule has 0 unspecified atom stereocenters. The Hall–Kier alpha value is -4.15. The average molecular weight is 541 g/mol. The van der Waals surface area contributed by atoms with E-state index in [1.54, 1.807) is 12.1 Å². The highest BCUT2D eigenvalue weighted by molar-refractivity contribution is 5.90. The van der Waals surface area contributed by atoms with Gasteiger partial charge in [0.05, 0.1) is 18.8 Å². The topological polar surface area (TPSA) is 85.2 Å². The van der Waals surface area contributed by atoms with E-state index in [0.717, 1.165) is 57.8 Å². The van der Waals surface area contributed by atoms with Crippen LogP contribution >= 0.6 is 0 Å². The van der Waals surface area contributed by atoms with Crippen LogP contribution in [0.15, 0.2) is 72.8 Å². The molecule has 206 valence electrons. The maximum Gasteiger partial charge on any atom is 0.365 e. The second-order valence-corrected chi connectivity index (χ2v) is 10.5. The van der Waals surface area contributed by atoms with Crippen molar-refractivity contribution in [3.8, 4) is 0 Å². The zero-order chi connectivity index (χ0) is 26.9. The van der Waals surface area contributed by atoms with Crippen LogP contribution in [0, 0.1) is 0 Å². The summed E-state index contributed by atoms with van der Waals surface area (Å²) in [5, 5.41) is 7.95. The highest BCUT2D eigenvalue weighted by Gasteiger charge is 2.39. The predicted octanol–water partition coefficient (Wildman–Crippen LogP) is 3.37. The molecule has 0 amide bonds. The minimum absolute atomic E-state index is 0.340. The molecule has 10 heteroatoms. The lowest BCUT2D eigenvalue weighted by molar-refractivity contribution is -0.169. The third kappa shape index (κ3) is 4.84. The number of para-hydroxylation sites is 1. The van der Waals surface area contributed by atoms with Gasteiger partial charge in [0.1, 0.15) is 11.0 Å².